The Kier molecular flexibility index (Phi) is 4.45. The molecule has 3 rings (SSSR count). The second-order valence-electron chi connectivity index (χ2n) is 5.12. The van der Waals surface area contributed by atoms with Gasteiger partial charge < -0.3 is 4.74 Å². The van der Waals surface area contributed by atoms with Crippen molar-refractivity contribution in [1.29, 1.82) is 0 Å². The lowest BCUT2D eigenvalue weighted by molar-refractivity contribution is 0.0972. The molecule has 1 aliphatic rings. The van der Waals surface area contributed by atoms with Crippen LogP contribution in [0.5, 0.6) is 5.75 Å². The number of benzene rings is 2. The smallest absolute Gasteiger partial charge is 0.163 e. The number of halogens is 2. The van der Waals surface area contributed by atoms with Crippen LogP contribution in [-0.2, 0) is 13.0 Å². The zero-order valence-electron chi connectivity index (χ0n) is 11.4. The molecule has 0 unspecified atom stereocenters. The molecule has 0 radical (unpaired) electrons. The molecule has 2 nitrogen and oxygen atoms in total. The van der Waals surface area contributed by atoms with Gasteiger partial charge in [-0.2, -0.15) is 0 Å². The molecule has 0 saturated carbocycles. The zero-order chi connectivity index (χ0) is 14.8. The van der Waals surface area contributed by atoms with E-state index < -0.39 is 0 Å². The van der Waals surface area contributed by atoms with Crippen LogP contribution in [0.25, 0.3) is 0 Å². The molecule has 4 heteroatoms. The van der Waals surface area contributed by atoms with Crippen LogP contribution in [0.15, 0.2) is 45.3 Å². The van der Waals surface area contributed by atoms with E-state index >= 15 is 0 Å². The number of fused-ring (bicyclic) bond motifs is 1. The first-order valence-electron chi connectivity index (χ1n) is 6.86. The number of hydrogen-bond donors (Lipinski definition) is 0. The summed E-state index contributed by atoms with van der Waals surface area (Å²) in [6.07, 6.45) is 2.59. The maximum atomic E-state index is 11.9. The van der Waals surface area contributed by atoms with Crippen molar-refractivity contribution in [3.05, 3.63) is 62.0 Å². The third-order valence-electron chi connectivity index (χ3n) is 3.63. The summed E-state index contributed by atoms with van der Waals surface area (Å²) in [7, 11) is 0. The van der Waals surface area contributed by atoms with Gasteiger partial charge in [-0.1, -0.05) is 37.9 Å². The van der Waals surface area contributed by atoms with Crippen molar-refractivity contribution in [2.75, 3.05) is 0 Å². The summed E-state index contributed by atoms with van der Waals surface area (Å²) in [5.41, 5.74) is 3.03. The topological polar surface area (TPSA) is 26.3 Å². The highest BCUT2D eigenvalue weighted by Crippen LogP contribution is 2.27. The number of ether oxygens (including phenoxy) is 1. The number of carbonyl (C=O) groups is 1. The monoisotopic (exact) mass is 408 g/mol. The molecule has 0 N–H and O–H groups in total. The summed E-state index contributed by atoms with van der Waals surface area (Å²) in [4.78, 5) is 11.9. The van der Waals surface area contributed by atoms with Gasteiger partial charge in [0.15, 0.2) is 5.78 Å². The van der Waals surface area contributed by atoms with Crippen LogP contribution in [0.1, 0.15) is 34.3 Å². The van der Waals surface area contributed by atoms with E-state index in [0.29, 0.717) is 13.0 Å². The minimum absolute atomic E-state index is 0.227. The molecular formula is C17H14Br2O2. The Morgan fingerprint density at radius 2 is 1.90 bits per heavy atom. The van der Waals surface area contributed by atoms with Crippen molar-refractivity contribution in [1.82, 2.24) is 0 Å². The summed E-state index contributed by atoms with van der Waals surface area (Å²) >= 11 is 6.98. The van der Waals surface area contributed by atoms with Gasteiger partial charge in [0.2, 0.25) is 0 Å². The Balaban J connectivity index is 1.78. The molecule has 0 bridgehead atoms. The third-order valence-corrected chi connectivity index (χ3v) is 4.90. The SMILES string of the molecule is O=C1CCCc2ccc(OCc3cc(Br)ccc3Br)cc21. The molecule has 0 fully saturated rings. The summed E-state index contributed by atoms with van der Waals surface area (Å²) in [5.74, 6) is 0.973. The van der Waals surface area contributed by atoms with Crippen molar-refractivity contribution in [3.63, 3.8) is 0 Å². The number of Topliss-reactive ketones (excluding diaryl/α,β-unsaturated/α-hetero) is 1. The second-order valence-corrected chi connectivity index (χ2v) is 6.89. The largest absolute Gasteiger partial charge is 0.489 e. The van der Waals surface area contributed by atoms with E-state index in [1.807, 2.05) is 36.4 Å². The minimum Gasteiger partial charge on any atom is -0.489 e. The predicted molar refractivity (Wildman–Crippen MR) is 89.9 cm³/mol. The molecular weight excluding hydrogens is 396 g/mol. The normalized spacial score (nSPS) is 13.9. The molecule has 0 saturated heterocycles. The average Bonchev–Trinajstić information content (AvgIpc) is 2.49. The van der Waals surface area contributed by atoms with Gasteiger partial charge in [0.25, 0.3) is 0 Å². The van der Waals surface area contributed by atoms with Crippen molar-refractivity contribution in [2.24, 2.45) is 0 Å². The van der Waals surface area contributed by atoms with Crippen LogP contribution in [-0.4, -0.2) is 5.78 Å². The van der Waals surface area contributed by atoms with E-state index in [0.717, 1.165) is 44.2 Å². The van der Waals surface area contributed by atoms with E-state index in [-0.39, 0.29) is 5.78 Å². The fraction of sp³-hybridized carbons (Fsp3) is 0.235. The summed E-state index contributed by atoms with van der Waals surface area (Å²) in [5, 5.41) is 0. The molecule has 0 spiro atoms. The molecule has 2 aromatic carbocycles. The van der Waals surface area contributed by atoms with E-state index in [9.17, 15) is 4.79 Å². The number of aryl methyl sites for hydroxylation is 1. The van der Waals surface area contributed by atoms with Crippen LogP contribution in [0, 0.1) is 0 Å². The third kappa shape index (κ3) is 3.38. The van der Waals surface area contributed by atoms with Crippen LogP contribution in [0.2, 0.25) is 0 Å². The molecule has 0 aromatic heterocycles. The van der Waals surface area contributed by atoms with Crippen molar-refractivity contribution >= 4 is 37.6 Å². The molecule has 0 aliphatic heterocycles. The number of rotatable bonds is 3. The first-order chi connectivity index (χ1) is 10.1. The van der Waals surface area contributed by atoms with Gasteiger partial charge in [-0.3, -0.25) is 4.79 Å². The Morgan fingerprint density at radius 3 is 2.76 bits per heavy atom. The fourth-order valence-electron chi connectivity index (χ4n) is 2.51. The molecule has 0 amide bonds. The lowest BCUT2D eigenvalue weighted by Gasteiger charge is -2.16. The number of carbonyl (C=O) groups excluding carboxylic acids is 1. The molecule has 21 heavy (non-hydrogen) atoms. The van der Waals surface area contributed by atoms with Gasteiger partial charge in [0.1, 0.15) is 12.4 Å². The summed E-state index contributed by atoms with van der Waals surface area (Å²) in [6.45, 7) is 0.465. The van der Waals surface area contributed by atoms with Gasteiger partial charge in [-0.25, -0.2) is 0 Å². The lowest BCUT2D eigenvalue weighted by atomic mass is 9.90. The first kappa shape index (κ1) is 14.8. The molecule has 0 atom stereocenters. The van der Waals surface area contributed by atoms with Crippen molar-refractivity contribution < 1.29 is 9.53 Å². The summed E-state index contributed by atoms with van der Waals surface area (Å²) < 4.78 is 7.87. The maximum Gasteiger partial charge on any atom is 0.163 e. The van der Waals surface area contributed by atoms with Crippen LogP contribution >= 0.6 is 31.9 Å². The van der Waals surface area contributed by atoms with Gasteiger partial charge >= 0.3 is 0 Å². The Labute approximate surface area is 140 Å². The number of ketones is 1. The van der Waals surface area contributed by atoms with Crippen molar-refractivity contribution in [2.45, 2.75) is 25.9 Å². The van der Waals surface area contributed by atoms with E-state index in [2.05, 4.69) is 31.9 Å². The quantitative estimate of drug-likeness (QED) is 0.686. The Morgan fingerprint density at radius 1 is 1.05 bits per heavy atom. The lowest BCUT2D eigenvalue weighted by Crippen LogP contribution is -2.10. The zero-order valence-corrected chi connectivity index (χ0v) is 14.5. The molecule has 2 aromatic rings. The first-order valence-corrected chi connectivity index (χ1v) is 8.45. The highest BCUT2D eigenvalue weighted by molar-refractivity contribution is 9.11. The van der Waals surface area contributed by atoms with Gasteiger partial charge in [0, 0.05) is 26.5 Å². The summed E-state index contributed by atoms with van der Waals surface area (Å²) in [6, 6.07) is 11.8. The van der Waals surface area contributed by atoms with Crippen LogP contribution in [0.3, 0.4) is 0 Å². The van der Waals surface area contributed by atoms with Gasteiger partial charge in [0.05, 0.1) is 0 Å². The maximum absolute atomic E-state index is 11.9. The van der Waals surface area contributed by atoms with Crippen molar-refractivity contribution in [3.8, 4) is 5.75 Å². The van der Waals surface area contributed by atoms with E-state index in [1.165, 1.54) is 0 Å². The predicted octanol–water partition coefficient (Wildman–Crippen LogP) is 5.31. The highest BCUT2D eigenvalue weighted by Gasteiger charge is 2.17. The minimum atomic E-state index is 0.227. The molecule has 1 aliphatic carbocycles. The van der Waals surface area contributed by atoms with Crippen LogP contribution < -0.4 is 4.74 Å². The fourth-order valence-corrected chi connectivity index (χ4v) is 3.28. The average molecular weight is 410 g/mol. The van der Waals surface area contributed by atoms with Gasteiger partial charge in [-0.05, 0) is 48.7 Å². The van der Waals surface area contributed by atoms with E-state index in [1.54, 1.807) is 0 Å². The molecule has 0 heterocycles. The molecule has 108 valence electrons. The Hall–Kier alpha value is -1.13. The highest BCUT2D eigenvalue weighted by atomic mass is 79.9. The van der Waals surface area contributed by atoms with Crippen LogP contribution in [0.4, 0.5) is 0 Å². The second kappa shape index (κ2) is 6.32. The number of hydrogen-bond acceptors (Lipinski definition) is 2. The van der Waals surface area contributed by atoms with Gasteiger partial charge in [-0.15, -0.1) is 0 Å². The Bertz CT molecular complexity index is 695. The van der Waals surface area contributed by atoms with E-state index in [4.69, 9.17) is 4.74 Å². The standard InChI is InChI=1S/C17H14Br2O2/c18-13-5-7-16(19)12(8-13)10-21-14-6-4-11-2-1-3-17(20)15(11)9-14/h4-9H,1-3,10H2.